The molecule has 0 unspecified atom stereocenters. The third-order valence-corrected chi connectivity index (χ3v) is 9.11. The van der Waals surface area contributed by atoms with Gasteiger partial charge in [0.25, 0.3) is 11.5 Å². The minimum Gasteiger partial charge on any atom is -0.366 e. The van der Waals surface area contributed by atoms with Crippen molar-refractivity contribution < 1.29 is 9.18 Å². The summed E-state index contributed by atoms with van der Waals surface area (Å²) < 4.78 is 16.4. The lowest BCUT2D eigenvalue weighted by Gasteiger charge is -2.38. The summed E-state index contributed by atoms with van der Waals surface area (Å²) in [5.41, 5.74) is 1.47. The molecule has 2 aromatic rings. The summed E-state index contributed by atoms with van der Waals surface area (Å²) in [6, 6.07) is 8.90. The molecule has 10 heteroatoms. The molecule has 38 heavy (non-hydrogen) atoms. The largest absolute Gasteiger partial charge is 0.366 e. The number of anilines is 2. The predicted molar refractivity (Wildman–Crippen MR) is 154 cm³/mol. The van der Waals surface area contributed by atoms with Crippen molar-refractivity contribution in [3.63, 3.8) is 0 Å². The maximum absolute atomic E-state index is 14.4. The van der Waals surface area contributed by atoms with E-state index in [0.717, 1.165) is 25.7 Å². The number of carbonyl (C=O) groups excluding carboxylic acids is 1. The number of amides is 1. The molecule has 1 saturated carbocycles. The van der Waals surface area contributed by atoms with Crippen molar-refractivity contribution in [2.24, 2.45) is 7.05 Å². The number of piperazine rings is 1. The quantitative estimate of drug-likeness (QED) is 0.407. The van der Waals surface area contributed by atoms with Gasteiger partial charge in [0.2, 0.25) is 0 Å². The number of carbonyl (C=O) groups is 1. The van der Waals surface area contributed by atoms with Crippen LogP contribution in [0.2, 0.25) is 0 Å². The fourth-order valence-corrected chi connectivity index (χ4v) is 7.11. The Balaban J connectivity index is 1.50. The first-order valence-corrected chi connectivity index (χ1v) is 14.2. The Bertz CT molecular complexity index is 1420. The normalized spacial score (nSPS) is 19.9. The molecule has 0 spiro atoms. The van der Waals surface area contributed by atoms with Crippen molar-refractivity contribution in [3.05, 3.63) is 62.0 Å². The first kappa shape index (κ1) is 26.4. The molecule has 7 nitrogen and oxygen atoms in total. The van der Waals surface area contributed by atoms with Crippen molar-refractivity contribution in [2.45, 2.75) is 45.1 Å². The van der Waals surface area contributed by atoms with E-state index in [4.69, 9.17) is 12.2 Å². The van der Waals surface area contributed by atoms with Gasteiger partial charge in [-0.05, 0) is 43.5 Å². The lowest BCUT2D eigenvalue weighted by molar-refractivity contribution is -0.124. The second kappa shape index (κ2) is 10.9. The monoisotopic (exact) mass is 551 g/mol. The summed E-state index contributed by atoms with van der Waals surface area (Å²) >= 11 is 6.91. The summed E-state index contributed by atoms with van der Waals surface area (Å²) in [5, 5.41) is 9.76. The van der Waals surface area contributed by atoms with Gasteiger partial charge in [-0.25, -0.2) is 4.39 Å². The van der Waals surface area contributed by atoms with Gasteiger partial charge in [0.15, 0.2) is 0 Å². The van der Waals surface area contributed by atoms with Crippen LogP contribution in [0.4, 0.5) is 15.9 Å². The van der Waals surface area contributed by atoms with Crippen LogP contribution in [-0.4, -0.2) is 51.9 Å². The van der Waals surface area contributed by atoms with Gasteiger partial charge >= 0.3 is 0 Å². The molecule has 0 N–H and O–H groups in total. The molecule has 3 heterocycles. The topological polar surface area (TPSA) is 72.6 Å². The summed E-state index contributed by atoms with van der Waals surface area (Å²) in [4.78, 5) is 33.0. The van der Waals surface area contributed by atoms with E-state index in [0.29, 0.717) is 58.0 Å². The molecule has 3 fully saturated rings. The van der Waals surface area contributed by atoms with E-state index in [-0.39, 0.29) is 28.9 Å². The van der Waals surface area contributed by atoms with E-state index in [1.165, 1.54) is 28.8 Å². The minimum atomic E-state index is -0.372. The van der Waals surface area contributed by atoms with E-state index in [1.807, 2.05) is 11.0 Å². The number of aromatic nitrogens is 1. The number of para-hydroxylation sites is 1. The van der Waals surface area contributed by atoms with E-state index in [2.05, 4.69) is 11.0 Å². The average Bonchev–Trinajstić information content (AvgIpc) is 3.21. The average molecular weight is 552 g/mol. The first-order valence-electron chi connectivity index (χ1n) is 13.0. The SMILES string of the molecule is Cc1c(C=C2SC(=S)N(C3CCCCC3)C2=O)c(N2CCN(c3ccccc3F)CC2)n(C)c(=O)c1C#N. The Hall–Kier alpha value is -3.16. The number of thioether (sulfide) groups is 1. The molecular weight excluding hydrogens is 521 g/mol. The second-order valence-electron chi connectivity index (χ2n) is 9.98. The molecule has 1 amide bonds. The molecule has 5 rings (SSSR count). The Labute approximate surface area is 231 Å². The Morgan fingerprint density at radius 1 is 1.08 bits per heavy atom. The Kier molecular flexibility index (Phi) is 7.59. The van der Waals surface area contributed by atoms with Gasteiger partial charge in [-0.3, -0.25) is 19.1 Å². The molecule has 198 valence electrons. The highest BCUT2D eigenvalue weighted by Crippen LogP contribution is 2.39. The first-order chi connectivity index (χ1) is 18.3. The number of halogens is 1. The molecule has 2 saturated heterocycles. The summed E-state index contributed by atoms with van der Waals surface area (Å²) in [6.07, 6.45) is 7.08. The van der Waals surface area contributed by atoms with Crippen LogP contribution in [0, 0.1) is 24.1 Å². The second-order valence-corrected chi connectivity index (χ2v) is 11.7. The number of thiocarbonyl (C=S) groups is 1. The third-order valence-electron chi connectivity index (χ3n) is 7.78. The van der Waals surface area contributed by atoms with Gasteiger partial charge in [0.1, 0.15) is 27.6 Å². The number of nitriles is 1. The Morgan fingerprint density at radius 2 is 1.74 bits per heavy atom. The molecular formula is C28H30FN5O2S2. The number of pyridine rings is 1. The van der Waals surface area contributed by atoms with Crippen LogP contribution < -0.4 is 15.4 Å². The summed E-state index contributed by atoms with van der Waals surface area (Å²) in [5.74, 6) is 0.292. The van der Waals surface area contributed by atoms with E-state index in [1.54, 1.807) is 37.1 Å². The van der Waals surface area contributed by atoms with Crippen LogP contribution in [-0.2, 0) is 11.8 Å². The van der Waals surface area contributed by atoms with E-state index >= 15 is 0 Å². The lowest BCUT2D eigenvalue weighted by atomic mass is 9.94. The van der Waals surface area contributed by atoms with E-state index in [9.17, 15) is 19.2 Å². The zero-order valence-electron chi connectivity index (χ0n) is 21.6. The molecule has 1 aliphatic carbocycles. The number of benzene rings is 1. The van der Waals surface area contributed by atoms with Crippen molar-refractivity contribution in [1.29, 1.82) is 5.26 Å². The standard InChI is InChI=1S/C28H30FN5O2S2/c1-18-20(16-24-27(36)34(28(37)38-24)19-8-4-3-5-9-19)25(31(2)26(35)21(18)17-30)33-14-12-32(13-15-33)23-11-7-6-10-22(23)29/h6-7,10-11,16,19H,3-5,8-9,12-15H2,1-2H3. The van der Waals surface area contributed by atoms with Crippen LogP contribution in [0.25, 0.3) is 6.08 Å². The highest BCUT2D eigenvalue weighted by atomic mass is 32.2. The van der Waals surface area contributed by atoms with Gasteiger partial charge in [0, 0.05) is 44.8 Å². The van der Waals surface area contributed by atoms with Gasteiger partial charge < -0.3 is 9.80 Å². The van der Waals surface area contributed by atoms with Crippen molar-refractivity contribution in [2.75, 3.05) is 36.0 Å². The number of hydrogen-bond acceptors (Lipinski definition) is 7. The molecule has 0 bridgehead atoms. The van der Waals surface area contributed by atoms with Gasteiger partial charge in [0.05, 0.1) is 10.6 Å². The summed E-state index contributed by atoms with van der Waals surface area (Å²) in [6.45, 7) is 4.00. The third kappa shape index (κ3) is 4.74. The Morgan fingerprint density at radius 3 is 2.39 bits per heavy atom. The van der Waals surface area contributed by atoms with Crippen molar-refractivity contribution in [1.82, 2.24) is 9.47 Å². The van der Waals surface area contributed by atoms with Crippen LogP contribution in [0.1, 0.15) is 48.8 Å². The zero-order chi connectivity index (χ0) is 27.0. The zero-order valence-corrected chi connectivity index (χ0v) is 23.2. The lowest BCUT2D eigenvalue weighted by Crippen LogP contribution is -2.48. The highest BCUT2D eigenvalue weighted by molar-refractivity contribution is 8.26. The van der Waals surface area contributed by atoms with Crippen LogP contribution in [0.15, 0.2) is 34.0 Å². The van der Waals surface area contributed by atoms with Gasteiger partial charge in [-0.1, -0.05) is 55.4 Å². The number of rotatable bonds is 4. The fourth-order valence-electron chi connectivity index (χ4n) is 5.73. The molecule has 3 aliphatic rings. The van der Waals surface area contributed by atoms with Crippen LogP contribution >= 0.6 is 24.0 Å². The molecule has 0 atom stereocenters. The molecule has 1 aromatic carbocycles. The molecule has 0 radical (unpaired) electrons. The molecule has 2 aliphatic heterocycles. The number of hydrogen-bond donors (Lipinski definition) is 0. The van der Waals surface area contributed by atoms with E-state index < -0.39 is 0 Å². The smallest absolute Gasteiger partial charge is 0.270 e. The maximum Gasteiger partial charge on any atom is 0.270 e. The minimum absolute atomic E-state index is 0.0650. The van der Waals surface area contributed by atoms with Crippen LogP contribution in [0.5, 0.6) is 0 Å². The number of nitrogens with zero attached hydrogens (tertiary/aromatic N) is 5. The van der Waals surface area contributed by atoms with Crippen molar-refractivity contribution >= 4 is 51.8 Å². The molecule has 1 aromatic heterocycles. The van der Waals surface area contributed by atoms with Crippen LogP contribution in [0.3, 0.4) is 0 Å². The fraction of sp³-hybridized carbons (Fsp3) is 0.429. The maximum atomic E-state index is 14.4. The predicted octanol–water partition coefficient (Wildman–Crippen LogP) is 4.57. The van der Waals surface area contributed by atoms with Gasteiger partial charge in [-0.15, -0.1) is 0 Å². The van der Waals surface area contributed by atoms with Crippen molar-refractivity contribution in [3.8, 4) is 6.07 Å². The highest BCUT2D eigenvalue weighted by Gasteiger charge is 2.38. The summed E-state index contributed by atoms with van der Waals surface area (Å²) in [7, 11) is 1.66. The van der Waals surface area contributed by atoms with Gasteiger partial charge in [-0.2, -0.15) is 5.26 Å².